The topological polar surface area (TPSA) is 47.3 Å². The molecule has 90 valence electrons. The zero-order valence-corrected chi connectivity index (χ0v) is 9.28. The van der Waals surface area contributed by atoms with Crippen LogP contribution in [0.5, 0.6) is 5.75 Å². The fourth-order valence-electron chi connectivity index (χ4n) is 1.40. The second kappa shape index (κ2) is 5.77. The predicted octanol–water partition coefficient (Wildman–Crippen LogP) is 2.24. The van der Waals surface area contributed by atoms with Crippen LogP contribution in [0.4, 0.5) is 8.78 Å². The lowest BCUT2D eigenvalue weighted by Crippen LogP contribution is -2.33. The number of rotatable bonds is 5. The third-order valence-electron chi connectivity index (χ3n) is 2.05. The number of alkyl halides is 2. The third-order valence-corrected chi connectivity index (χ3v) is 2.05. The molecule has 0 amide bonds. The molecule has 3 nitrogen and oxygen atoms in total. The first-order valence-corrected chi connectivity index (χ1v) is 5.06. The van der Waals surface area contributed by atoms with E-state index in [1.165, 1.54) is 0 Å². The molecule has 3 N–H and O–H groups in total. The van der Waals surface area contributed by atoms with Crippen molar-refractivity contribution in [1.29, 1.82) is 0 Å². The van der Waals surface area contributed by atoms with Crippen molar-refractivity contribution in [2.75, 3.05) is 0 Å². The van der Waals surface area contributed by atoms with Crippen LogP contribution in [0, 0.1) is 0 Å². The molecule has 16 heavy (non-hydrogen) atoms. The average molecular weight is 230 g/mol. The van der Waals surface area contributed by atoms with Crippen LogP contribution in [0.15, 0.2) is 24.3 Å². The summed E-state index contributed by atoms with van der Waals surface area (Å²) in [4.78, 5) is 0. The normalized spacial score (nSPS) is 13.2. The molecule has 1 aromatic rings. The summed E-state index contributed by atoms with van der Waals surface area (Å²) in [6.07, 6.45) is -2.65. The van der Waals surface area contributed by atoms with Crippen molar-refractivity contribution in [3.63, 3.8) is 0 Å². The molecular weight excluding hydrogens is 214 g/mol. The summed E-state index contributed by atoms with van der Waals surface area (Å²) in [5.41, 5.74) is 2.47. The lowest BCUT2D eigenvalue weighted by atomic mass is 10.1. The molecule has 0 aliphatic heterocycles. The SMILES string of the molecule is CC(C)Oc1ccccc1C(NN)C(F)F. The maximum atomic E-state index is 12.7. The highest BCUT2D eigenvalue weighted by atomic mass is 19.3. The summed E-state index contributed by atoms with van der Waals surface area (Å²) in [6.45, 7) is 3.67. The van der Waals surface area contributed by atoms with E-state index in [0.29, 0.717) is 11.3 Å². The van der Waals surface area contributed by atoms with Gasteiger partial charge in [0, 0.05) is 5.56 Å². The Bertz CT molecular complexity index is 332. The minimum absolute atomic E-state index is 0.0720. The first-order valence-electron chi connectivity index (χ1n) is 5.06. The number of para-hydroxylation sites is 1. The Hall–Kier alpha value is -1.20. The number of nitrogens with two attached hydrogens (primary N) is 1. The Morgan fingerprint density at radius 3 is 2.38 bits per heavy atom. The molecule has 1 unspecified atom stereocenters. The maximum Gasteiger partial charge on any atom is 0.259 e. The number of halogens is 2. The Kier molecular flexibility index (Phi) is 4.64. The molecule has 0 aliphatic carbocycles. The first kappa shape index (κ1) is 12.9. The first-order chi connectivity index (χ1) is 7.56. The summed E-state index contributed by atoms with van der Waals surface area (Å²) in [5.74, 6) is 5.55. The van der Waals surface area contributed by atoms with Gasteiger partial charge in [0.25, 0.3) is 6.43 Å². The Balaban J connectivity index is 3.01. The standard InChI is InChI=1S/C11H16F2N2O/c1-7(2)16-9-6-4-3-5-8(9)10(15-14)11(12)13/h3-7,10-11,15H,14H2,1-2H3. The summed E-state index contributed by atoms with van der Waals surface area (Å²) in [7, 11) is 0. The van der Waals surface area contributed by atoms with Gasteiger partial charge in [0.2, 0.25) is 0 Å². The highest BCUT2D eigenvalue weighted by Crippen LogP contribution is 2.29. The van der Waals surface area contributed by atoms with E-state index in [2.05, 4.69) is 5.43 Å². The van der Waals surface area contributed by atoms with Crippen LogP contribution in [0.2, 0.25) is 0 Å². The van der Waals surface area contributed by atoms with Crippen molar-refractivity contribution in [1.82, 2.24) is 5.43 Å². The van der Waals surface area contributed by atoms with Crippen molar-refractivity contribution < 1.29 is 13.5 Å². The predicted molar refractivity (Wildman–Crippen MR) is 58.3 cm³/mol. The third kappa shape index (κ3) is 3.15. The zero-order valence-electron chi connectivity index (χ0n) is 9.28. The summed E-state index contributed by atoms with van der Waals surface area (Å²) in [6, 6.07) is 5.43. The summed E-state index contributed by atoms with van der Waals surface area (Å²) >= 11 is 0. The Morgan fingerprint density at radius 2 is 1.88 bits per heavy atom. The molecule has 0 saturated carbocycles. The molecule has 0 saturated heterocycles. The number of hydrogen-bond acceptors (Lipinski definition) is 3. The van der Waals surface area contributed by atoms with Gasteiger partial charge in [0.05, 0.1) is 6.10 Å². The molecular formula is C11H16F2N2O. The largest absolute Gasteiger partial charge is 0.491 e. The second-order valence-corrected chi connectivity index (χ2v) is 3.68. The van der Waals surface area contributed by atoms with Crippen molar-refractivity contribution >= 4 is 0 Å². The van der Waals surface area contributed by atoms with Crippen LogP contribution in [-0.4, -0.2) is 12.5 Å². The van der Waals surface area contributed by atoms with Crippen LogP contribution in [0.1, 0.15) is 25.5 Å². The van der Waals surface area contributed by atoms with E-state index >= 15 is 0 Å². The molecule has 0 spiro atoms. The van der Waals surface area contributed by atoms with E-state index < -0.39 is 12.5 Å². The van der Waals surface area contributed by atoms with E-state index in [9.17, 15) is 8.78 Å². The maximum absolute atomic E-state index is 12.7. The van der Waals surface area contributed by atoms with E-state index in [1.807, 2.05) is 13.8 Å². The van der Waals surface area contributed by atoms with Crippen LogP contribution < -0.4 is 16.0 Å². The molecule has 5 heteroatoms. The van der Waals surface area contributed by atoms with Gasteiger partial charge >= 0.3 is 0 Å². The average Bonchev–Trinajstić information content (AvgIpc) is 2.20. The molecule has 1 rings (SSSR count). The number of hydrazine groups is 1. The number of hydrogen-bond donors (Lipinski definition) is 2. The van der Waals surface area contributed by atoms with Crippen LogP contribution >= 0.6 is 0 Å². The molecule has 0 aromatic heterocycles. The Morgan fingerprint density at radius 1 is 1.25 bits per heavy atom. The van der Waals surface area contributed by atoms with Crippen molar-refractivity contribution in [2.45, 2.75) is 32.4 Å². The molecule has 0 fully saturated rings. The van der Waals surface area contributed by atoms with E-state index in [0.717, 1.165) is 0 Å². The van der Waals surface area contributed by atoms with Gasteiger partial charge in [-0.1, -0.05) is 18.2 Å². The van der Waals surface area contributed by atoms with Gasteiger partial charge < -0.3 is 4.74 Å². The highest BCUT2D eigenvalue weighted by Gasteiger charge is 2.24. The minimum atomic E-state index is -2.58. The van der Waals surface area contributed by atoms with Crippen molar-refractivity contribution in [2.24, 2.45) is 5.84 Å². The van der Waals surface area contributed by atoms with Crippen LogP contribution in [0.25, 0.3) is 0 Å². The summed E-state index contributed by atoms with van der Waals surface area (Å²) in [5, 5.41) is 0. The molecule has 0 radical (unpaired) electrons. The molecule has 0 heterocycles. The quantitative estimate of drug-likeness (QED) is 0.602. The van der Waals surface area contributed by atoms with Crippen LogP contribution in [-0.2, 0) is 0 Å². The van der Waals surface area contributed by atoms with E-state index in [4.69, 9.17) is 10.6 Å². The zero-order chi connectivity index (χ0) is 12.1. The van der Waals surface area contributed by atoms with Gasteiger partial charge in [0.1, 0.15) is 11.8 Å². The molecule has 1 aromatic carbocycles. The fourth-order valence-corrected chi connectivity index (χ4v) is 1.40. The monoisotopic (exact) mass is 230 g/mol. The Labute approximate surface area is 93.6 Å². The number of nitrogens with one attached hydrogen (secondary N) is 1. The van der Waals surface area contributed by atoms with E-state index in [-0.39, 0.29) is 6.10 Å². The highest BCUT2D eigenvalue weighted by molar-refractivity contribution is 5.36. The fraction of sp³-hybridized carbons (Fsp3) is 0.455. The smallest absolute Gasteiger partial charge is 0.259 e. The van der Waals surface area contributed by atoms with Gasteiger partial charge in [-0.05, 0) is 19.9 Å². The lowest BCUT2D eigenvalue weighted by molar-refractivity contribution is 0.0959. The van der Waals surface area contributed by atoms with Crippen molar-refractivity contribution in [3.8, 4) is 5.75 Å². The summed E-state index contributed by atoms with van der Waals surface area (Å²) < 4.78 is 30.9. The number of benzene rings is 1. The van der Waals surface area contributed by atoms with Gasteiger partial charge in [-0.25, -0.2) is 14.2 Å². The molecule has 0 aliphatic rings. The molecule has 1 atom stereocenters. The van der Waals surface area contributed by atoms with Gasteiger partial charge in [0.15, 0.2) is 0 Å². The molecule has 0 bridgehead atoms. The van der Waals surface area contributed by atoms with E-state index in [1.54, 1.807) is 24.3 Å². The lowest BCUT2D eigenvalue weighted by Gasteiger charge is -2.20. The van der Waals surface area contributed by atoms with Crippen LogP contribution in [0.3, 0.4) is 0 Å². The van der Waals surface area contributed by atoms with Gasteiger partial charge in [-0.15, -0.1) is 0 Å². The number of ether oxygens (including phenoxy) is 1. The van der Waals surface area contributed by atoms with Gasteiger partial charge in [-0.3, -0.25) is 5.84 Å². The second-order valence-electron chi connectivity index (χ2n) is 3.68. The van der Waals surface area contributed by atoms with Gasteiger partial charge in [-0.2, -0.15) is 0 Å². The van der Waals surface area contributed by atoms with Crippen molar-refractivity contribution in [3.05, 3.63) is 29.8 Å². The minimum Gasteiger partial charge on any atom is -0.491 e.